The molecule has 3 heterocycles. The Morgan fingerprint density at radius 1 is 1.25 bits per heavy atom. The second-order valence-electron chi connectivity index (χ2n) is 6.95. The second kappa shape index (κ2) is 11.6. The summed E-state index contributed by atoms with van der Waals surface area (Å²) < 4.78 is 10.3. The molecule has 2 amide bonds. The number of piperazine rings is 1. The summed E-state index contributed by atoms with van der Waals surface area (Å²) in [5, 5.41) is 6.45. The third-order valence-corrected chi connectivity index (χ3v) is 5.01. The van der Waals surface area contributed by atoms with Gasteiger partial charge in [0, 0.05) is 45.5 Å². The molecule has 2 aliphatic heterocycles. The van der Waals surface area contributed by atoms with E-state index in [1.807, 2.05) is 9.80 Å². The number of ether oxygens (including phenoxy) is 1. The van der Waals surface area contributed by atoms with Crippen molar-refractivity contribution >= 4 is 42.4 Å². The van der Waals surface area contributed by atoms with Crippen LogP contribution >= 0.6 is 24.8 Å². The lowest BCUT2D eigenvalue weighted by atomic mass is 9.91. The molecule has 0 aromatic carbocycles. The molecule has 160 valence electrons. The summed E-state index contributed by atoms with van der Waals surface area (Å²) in [4.78, 5) is 28.5. The molecule has 2 saturated heterocycles. The number of hydrogen-bond acceptors (Lipinski definition) is 7. The number of nitrogens with two attached hydrogens (primary N) is 1. The van der Waals surface area contributed by atoms with Crippen molar-refractivity contribution in [2.45, 2.75) is 25.8 Å². The predicted octanol–water partition coefficient (Wildman–Crippen LogP) is 0.663. The minimum atomic E-state index is -0.454. The van der Waals surface area contributed by atoms with Crippen LogP contribution in [0.3, 0.4) is 0 Å². The van der Waals surface area contributed by atoms with E-state index in [0.717, 1.165) is 12.8 Å². The van der Waals surface area contributed by atoms with Gasteiger partial charge in [-0.25, -0.2) is 0 Å². The molecule has 2 aliphatic rings. The number of amides is 2. The average molecular weight is 438 g/mol. The zero-order chi connectivity index (χ0) is 18.5. The molecule has 0 spiro atoms. The molecule has 2 fully saturated rings. The van der Waals surface area contributed by atoms with Gasteiger partial charge >= 0.3 is 0 Å². The molecule has 1 unspecified atom stereocenters. The summed E-state index contributed by atoms with van der Waals surface area (Å²) >= 11 is 0. The van der Waals surface area contributed by atoms with Gasteiger partial charge in [0.1, 0.15) is 5.76 Å². The molecule has 9 nitrogen and oxygen atoms in total. The second-order valence-corrected chi connectivity index (χ2v) is 6.95. The zero-order valence-corrected chi connectivity index (χ0v) is 17.6. The first-order valence-electron chi connectivity index (χ1n) is 9.10. The Morgan fingerprint density at radius 3 is 2.46 bits per heavy atom. The highest BCUT2D eigenvalue weighted by Gasteiger charge is 2.31. The normalized spacial score (nSPS) is 19.3. The zero-order valence-electron chi connectivity index (χ0n) is 16.0. The van der Waals surface area contributed by atoms with Crippen molar-refractivity contribution in [2.24, 2.45) is 11.7 Å². The van der Waals surface area contributed by atoms with E-state index < -0.39 is 6.04 Å². The lowest BCUT2D eigenvalue weighted by Gasteiger charge is -2.37. The highest BCUT2D eigenvalue weighted by atomic mass is 35.5. The maximum absolute atomic E-state index is 12.6. The lowest BCUT2D eigenvalue weighted by Crippen LogP contribution is -2.56. The summed E-state index contributed by atoms with van der Waals surface area (Å²) in [5.74, 6) is 1.14. The third-order valence-electron chi connectivity index (χ3n) is 5.01. The van der Waals surface area contributed by atoms with E-state index in [2.05, 4.69) is 10.5 Å². The molecule has 0 radical (unpaired) electrons. The van der Waals surface area contributed by atoms with E-state index in [0.29, 0.717) is 51.0 Å². The van der Waals surface area contributed by atoms with Crippen LogP contribution < -0.4 is 11.1 Å². The van der Waals surface area contributed by atoms with Gasteiger partial charge in [-0.05, 0) is 25.7 Å². The highest BCUT2D eigenvalue weighted by Crippen LogP contribution is 2.19. The summed E-state index contributed by atoms with van der Waals surface area (Å²) in [6.45, 7) is 5.87. The Balaban J connectivity index is 0.00000196. The quantitative estimate of drug-likeness (QED) is 0.695. The monoisotopic (exact) mass is 437 g/mol. The first kappa shape index (κ1) is 24.6. The van der Waals surface area contributed by atoms with Crippen molar-refractivity contribution in [1.82, 2.24) is 15.0 Å². The first-order valence-corrected chi connectivity index (χ1v) is 9.10. The van der Waals surface area contributed by atoms with Crippen LogP contribution in [0, 0.1) is 12.8 Å². The highest BCUT2D eigenvalue weighted by molar-refractivity contribution is 5.91. The molecule has 3 rings (SSSR count). The number of halogens is 2. The summed E-state index contributed by atoms with van der Waals surface area (Å²) in [6.07, 6.45) is 1.68. The van der Waals surface area contributed by atoms with Crippen LogP contribution in [0.25, 0.3) is 0 Å². The molecular formula is C17H29Cl2N5O4. The van der Waals surface area contributed by atoms with Crippen molar-refractivity contribution in [3.05, 3.63) is 11.8 Å². The fourth-order valence-corrected chi connectivity index (χ4v) is 3.42. The Hall–Kier alpha value is -1.39. The number of rotatable bonds is 5. The van der Waals surface area contributed by atoms with Gasteiger partial charge in [-0.15, -0.1) is 24.8 Å². The molecule has 0 aliphatic carbocycles. The average Bonchev–Trinajstić information content (AvgIpc) is 3.06. The van der Waals surface area contributed by atoms with Crippen molar-refractivity contribution in [3.63, 3.8) is 0 Å². The summed E-state index contributed by atoms with van der Waals surface area (Å²) in [5.41, 5.74) is 6.19. The Bertz CT molecular complexity index is 631. The number of nitrogens with one attached hydrogen (secondary N) is 1. The maximum atomic E-state index is 12.6. The minimum absolute atomic E-state index is 0. The molecular weight excluding hydrogens is 409 g/mol. The fourth-order valence-electron chi connectivity index (χ4n) is 3.42. The molecule has 1 atom stereocenters. The Morgan fingerprint density at radius 2 is 1.89 bits per heavy atom. The van der Waals surface area contributed by atoms with Crippen molar-refractivity contribution in [2.75, 3.05) is 51.3 Å². The van der Waals surface area contributed by atoms with Crippen molar-refractivity contribution in [1.29, 1.82) is 0 Å². The van der Waals surface area contributed by atoms with Gasteiger partial charge in [-0.3, -0.25) is 14.5 Å². The standard InChI is InChI=1S/C17H27N5O4.2ClH/c1-12-10-14(20-26-12)19-15(23)11-21-4-6-22(7-5-21)17(24)16(18)13-2-8-25-9-3-13;;/h10,13,16H,2-9,11,18H2,1H3,(H,19,20,23);2*1H. The smallest absolute Gasteiger partial charge is 0.239 e. The molecule has 11 heteroatoms. The molecule has 1 aromatic heterocycles. The molecule has 0 saturated carbocycles. The van der Waals surface area contributed by atoms with Crippen LogP contribution in [0.15, 0.2) is 10.6 Å². The van der Waals surface area contributed by atoms with Crippen LogP contribution in [0.2, 0.25) is 0 Å². The predicted molar refractivity (Wildman–Crippen MR) is 109 cm³/mol. The molecule has 28 heavy (non-hydrogen) atoms. The Kier molecular flexibility index (Phi) is 10.2. The molecule has 0 bridgehead atoms. The van der Waals surface area contributed by atoms with Crippen molar-refractivity contribution in [3.8, 4) is 0 Å². The summed E-state index contributed by atoms with van der Waals surface area (Å²) in [7, 11) is 0. The van der Waals surface area contributed by atoms with Gasteiger partial charge in [0.25, 0.3) is 0 Å². The van der Waals surface area contributed by atoms with E-state index in [-0.39, 0.29) is 49.1 Å². The minimum Gasteiger partial charge on any atom is -0.381 e. The maximum Gasteiger partial charge on any atom is 0.239 e. The third kappa shape index (κ3) is 6.59. The van der Waals surface area contributed by atoms with Gasteiger partial charge in [-0.1, -0.05) is 5.16 Å². The Labute approximate surface area is 177 Å². The van der Waals surface area contributed by atoms with Crippen LogP contribution in [0.4, 0.5) is 5.82 Å². The number of anilines is 1. The van der Waals surface area contributed by atoms with Gasteiger partial charge in [-0.2, -0.15) is 0 Å². The van der Waals surface area contributed by atoms with Crippen LogP contribution in [-0.2, 0) is 14.3 Å². The van der Waals surface area contributed by atoms with E-state index in [9.17, 15) is 9.59 Å². The van der Waals surface area contributed by atoms with Crippen LogP contribution in [0.5, 0.6) is 0 Å². The molecule has 3 N–H and O–H groups in total. The van der Waals surface area contributed by atoms with E-state index >= 15 is 0 Å². The number of nitrogens with zero attached hydrogens (tertiary/aromatic N) is 3. The van der Waals surface area contributed by atoms with Crippen molar-refractivity contribution < 1.29 is 18.8 Å². The van der Waals surface area contributed by atoms with Gasteiger partial charge in [0.2, 0.25) is 11.8 Å². The van der Waals surface area contributed by atoms with E-state index in [4.69, 9.17) is 15.0 Å². The van der Waals surface area contributed by atoms with E-state index in [1.54, 1.807) is 13.0 Å². The van der Waals surface area contributed by atoms with Crippen LogP contribution in [0.1, 0.15) is 18.6 Å². The number of hydrogen-bond donors (Lipinski definition) is 2. The van der Waals surface area contributed by atoms with Gasteiger partial charge in [0.15, 0.2) is 5.82 Å². The topological polar surface area (TPSA) is 114 Å². The number of carbonyl (C=O) groups is 2. The summed E-state index contributed by atoms with van der Waals surface area (Å²) in [6, 6.07) is 1.22. The fraction of sp³-hybridized carbons (Fsp3) is 0.706. The SMILES string of the molecule is Cc1cc(NC(=O)CN2CCN(C(=O)C(N)C3CCOCC3)CC2)no1.Cl.Cl. The largest absolute Gasteiger partial charge is 0.381 e. The van der Waals surface area contributed by atoms with Gasteiger partial charge < -0.3 is 25.2 Å². The lowest BCUT2D eigenvalue weighted by molar-refractivity contribution is -0.136. The van der Waals surface area contributed by atoms with Crippen LogP contribution in [-0.4, -0.2) is 78.8 Å². The van der Waals surface area contributed by atoms with Gasteiger partial charge in [0.05, 0.1) is 12.6 Å². The molecule has 1 aromatic rings. The number of aryl methyl sites for hydroxylation is 1. The number of aromatic nitrogens is 1. The first-order chi connectivity index (χ1) is 12.5. The number of carbonyl (C=O) groups excluding carboxylic acids is 2. The van der Waals surface area contributed by atoms with E-state index in [1.165, 1.54) is 0 Å².